The van der Waals surface area contributed by atoms with Crippen LogP contribution in [0.3, 0.4) is 0 Å². The van der Waals surface area contributed by atoms with Crippen LogP contribution in [-0.2, 0) is 5.11 Å². The lowest BCUT2D eigenvalue weighted by molar-refractivity contribution is 0.186. The molecule has 1 radical (unpaired) electrons. The average Bonchev–Trinajstić information content (AvgIpc) is 2.80. The van der Waals surface area contributed by atoms with Gasteiger partial charge < -0.3 is 0 Å². The zero-order valence-electron chi connectivity index (χ0n) is 7.35. The van der Waals surface area contributed by atoms with Gasteiger partial charge in [0.2, 0.25) is 0 Å². The molecule has 0 aromatic heterocycles. The van der Waals surface area contributed by atoms with Crippen LogP contribution < -0.4 is 0 Å². The van der Waals surface area contributed by atoms with Crippen LogP contribution in [-0.4, -0.2) is 6.61 Å². The van der Waals surface area contributed by atoms with Gasteiger partial charge in [-0.25, -0.2) is 5.11 Å². The molecule has 0 heterocycles. The van der Waals surface area contributed by atoms with Crippen molar-refractivity contribution in [3.8, 4) is 0 Å². The highest BCUT2D eigenvalue weighted by atomic mass is 16.2. The molecule has 1 aliphatic rings. The Balaban J connectivity index is 1.66. The zero-order chi connectivity index (χ0) is 7.94. The van der Waals surface area contributed by atoms with E-state index in [1.807, 2.05) is 0 Å². The highest BCUT2D eigenvalue weighted by Gasteiger charge is 2.19. The van der Waals surface area contributed by atoms with Crippen molar-refractivity contribution in [1.82, 2.24) is 0 Å². The maximum absolute atomic E-state index is 10.1. The van der Waals surface area contributed by atoms with Crippen LogP contribution in [0.25, 0.3) is 0 Å². The molecule has 1 rings (SSSR count). The van der Waals surface area contributed by atoms with Gasteiger partial charge in [-0.15, -0.1) is 0 Å². The maximum Gasteiger partial charge on any atom is 0.0822 e. The van der Waals surface area contributed by atoms with Crippen molar-refractivity contribution in [2.24, 2.45) is 5.92 Å². The molecule has 65 valence electrons. The Hall–Kier alpha value is -0.0400. The Morgan fingerprint density at radius 2 is 1.55 bits per heavy atom. The molecule has 11 heavy (non-hydrogen) atoms. The van der Waals surface area contributed by atoms with E-state index in [4.69, 9.17) is 0 Å². The minimum Gasteiger partial charge on any atom is -0.237 e. The van der Waals surface area contributed by atoms with Crippen molar-refractivity contribution < 1.29 is 5.11 Å². The lowest BCUT2D eigenvalue weighted by Crippen LogP contribution is -1.83. The summed E-state index contributed by atoms with van der Waals surface area (Å²) in [6.45, 7) is 0.128. The molecule has 1 aliphatic carbocycles. The van der Waals surface area contributed by atoms with Gasteiger partial charge in [-0.3, -0.25) is 0 Å². The molecule has 0 atom stereocenters. The van der Waals surface area contributed by atoms with E-state index in [0.717, 1.165) is 18.8 Å². The monoisotopic (exact) mass is 155 g/mol. The third-order valence-corrected chi connectivity index (χ3v) is 2.45. The summed E-state index contributed by atoms with van der Waals surface area (Å²) >= 11 is 0. The molecule has 1 nitrogen and oxygen atoms in total. The Labute approximate surface area is 69.8 Å². The molecular weight excluding hydrogens is 136 g/mol. The van der Waals surface area contributed by atoms with Crippen molar-refractivity contribution >= 4 is 0 Å². The van der Waals surface area contributed by atoms with Crippen molar-refractivity contribution in [3.05, 3.63) is 0 Å². The highest BCUT2D eigenvalue weighted by molar-refractivity contribution is 4.72. The van der Waals surface area contributed by atoms with E-state index in [1.54, 1.807) is 0 Å². The number of hydrogen-bond donors (Lipinski definition) is 0. The van der Waals surface area contributed by atoms with E-state index >= 15 is 0 Å². The fourth-order valence-corrected chi connectivity index (χ4v) is 1.47. The molecular formula is C10H19O. The Bertz CT molecular complexity index is 86.9. The zero-order valence-corrected chi connectivity index (χ0v) is 7.35. The fourth-order valence-electron chi connectivity index (χ4n) is 1.47. The molecule has 1 heteroatoms. The number of hydrogen-bond acceptors (Lipinski definition) is 0. The van der Waals surface area contributed by atoms with Crippen LogP contribution in [0.1, 0.15) is 51.4 Å². The second kappa shape index (κ2) is 5.59. The first-order valence-electron chi connectivity index (χ1n) is 5.01. The van der Waals surface area contributed by atoms with Gasteiger partial charge in [-0.2, -0.15) is 0 Å². The highest BCUT2D eigenvalue weighted by Crippen LogP contribution is 2.34. The Morgan fingerprint density at radius 3 is 2.18 bits per heavy atom. The van der Waals surface area contributed by atoms with E-state index in [2.05, 4.69) is 0 Å². The predicted molar refractivity (Wildman–Crippen MR) is 46.0 cm³/mol. The van der Waals surface area contributed by atoms with E-state index < -0.39 is 0 Å². The summed E-state index contributed by atoms with van der Waals surface area (Å²) in [5.41, 5.74) is 0. The topological polar surface area (TPSA) is 19.9 Å². The van der Waals surface area contributed by atoms with Gasteiger partial charge in [-0.1, -0.05) is 44.9 Å². The smallest absolute Gasteiger partial charge is 0.0822 e. The van der Waals surface area contributed by atoms with Crippen molar-refractivity contribution in [3.63, 3.8) is 0 Å². The molecule has 0 aromatic carbocycles. The van der Waals surface area contributed by atoms with E-state index in [1.165, 1.54) is 38.5 Å². The summed E-state index contributed by atoms with van der Waals surface area (Å²) < 4.78 is 0. The molecule has 1 fully saturated rings. The van der Waals surface area contributed by atoms with E-state index in [0.29, 0.717) is 0 Å². The van der Waals surface area contributed by atoms with Crippen LogP contribution >= 0.6 is 0 Å². The lowest BCUT2D eigenvalue weighted by Gasteiger charge is -1.97. The summed E-state index contributed by atoms with van der Waals surface area (Å²) in [5.74, 6) is 1.09. The minimum absolute atomic E-state index is 0.128. The van der Waals surface area contributed by atoms with E-state index in [9.17, 15) is 5.11 Å². The van der Waals surface area contributed by atoms with Gasteiger partial charge in [0.05, 0.1) is 6.61 Å². The third-order valence-electron chi connectivity index (χ3n) is 2.45. The largest absolute Gasteiger partial charge is 0.237 e. The summed E-state index contributed by atoms with van der Waals surface area (Å²) in [7, 11) is 0. The number of rotatable bonds is 7. The first-order chi connectivity index (χ1) is 5.43. The molecule has 0 amide bonds. The molecule has 0 saturated heterocycles. The molecule has 0 spiro atoms. The van der Waals surface area contributed by atoms with Gasteiger partial charge in [0, 0.05) is 0 Å². The summed E-state index contributed by atoms with van der Waals surface area (Å²) in [6, 6.07) is 0. The van der Waals surface area contributed by atoms with E-state index in [-0.39, 0.29) is 6.61 Å². The van der Waals surface area contributed by atoms with Gasteiger partial charge in [-0.05, 0) is 12.3 Å². The first-order valence-corrected chi connectivity index (χ1v) is 5.01. The quantitative estimate of drug-likeness (QED) is 0.503. The lowest BCUT2D eigenvalue weighted by atomic mass is 10.1. The van der Waals surface area contributed by atoms with Crippen molar-refractivity contribution in [2.45, 2.75) is 51.4 Å². The molecule has 0 bridgehead atoms. The number of unbranched alkanes of at least 4 members (excludes halogenated alkanes) is 4. The van der Waals surface area contributed by atoms with Gasteiger partial charge in [0.1, 0.15) is 0 Å². The normalized spacial score (nSPS) is 17.2. The summed E-state index contributed by atoms with van der Waals surface area (Å²) in [6.07, 6.45) is 10.5. The predicted octanol–water partition coefficient (Wildman–Crippen LogP) is 3.17. The fraction of sp³-hybridized carbons (Fsp3) is 1.00. The maximum atomic E-state index is 10.1. The van der Waals surface area contributed by atoms with Crippen LogP contribution in [0, 0.1) is 5.92 Å². The summed E-state index contributed by atoms with van der Waals surface area (Å²) in [4.78, 5) is 0. The minimum atomic E-state index is 0.128. The SMILES string of the molecule is [O]CCCCCCCC1CC1. The van der Waals surface area contributed by atoms with Crippen molar-refractivity contribution in [2.75, 3.05) is 6.61 Å². The van der Waals surface area contributed by atoms with Crippen LogP contribution in [0.4, 0.5) is 0 Å². The van der Waals surface area contributed by atoms with Gasteiger partial charge in [0.25, 0.3) is 0 Å². The molecule has 0 unspecified atom stereocenters. The third kappa shape index (κ3) is 5.25. The van der Waals surface area contributed by atoms with Crippen LogP contribution in [0.5, 0.6) is 0 Å². The summed E-state index contributed by atoms with van der Waals surface area (Å²) in [5, 5.41) is 10.1. The Morgan fingerprint density at radius 1 is 0.909 bits per heavy atom. The average molecular weight is 155 g/mol. The second-order valence-corrected chi connectivity index (χ2v) is 3.70. The Kier molecular flexibility index (Phi) is 4.60. The second-order valence-electron chi connectivity index (χ2n) is 3.70. The van der Waals surface area contributed by atoms with Crippen LogP contribution in [0.2, 0.25) is 0 Å². The molecule has 0 N–H and O–H groups in total. The van der Waals surface area contributed by atoms with Crippen molar-refractivity contribution in [1.29, 1.82) is 0 Å². The standard InChI is InChI=1S/C10H19O/c11-9-5-3-1-2-4-6-10-7-8-10/h10H,1-9H2. The van der Waals surface area contributed by atoms with Gasteiger partial charge in [0.15, 0.2) is 0 Å². The van der Waals surface area contributed by atoms with Gasteiger partial charge >= 0.3 is 0 Å². The van der Waals surface area contributed by atoms with Crippen LogP contribution in [0.15, 0.2) is 0 Å². The first kappa shape index (κ1) is 9.05. The molecule has 1 saturated carbocycles. The molecule has 0 aliphatic heterocycles. The molecule has 0 aromatic rings.